The van der Waals surface area contributed by atoms with Crippen molar-refractivity contribution in [3.8, 4) is 0 Å². The van der Waals surface area contributed by atoms with Gasteiger partial charge < -0.3 is 11.1 Å². The Labute approximate surface area is 133 Å². The fourth-order valence-corrected chi connectivity index (χ4v) is 2.60. The zero-order valence-electron chi connectivity index (χ0n) is 10.4. The molecule has 3 nitrogen and oxygen atoms in total. The van der Waals surface area contributed by atoms with Crippen LogP contribution in [0.5, 0.6) is 0 Å². The molecule has 0 aliphatic rings. The van der Waals surface area contributed by atoms with Gasteiger partial charge in [0, 0.05) is 31.9 Å². The van der Waals surface area contributed by atoms with Crippen molar-refractivity contribution in [1.82, 2.24) is 4.98 Å². The Balaban J connectivity index is 2.08. The van der Waals surface area contributed by atoms with Gasteiger partial charge in [0.05, 0.1) is 11.2 Å². The van der Waals surface area contributed by atoms with Gasteiger partial charge in [-0.05, 0) is 58.4 Å². The maximum absolute atomic E-state index is 6.01. The molecular formula is C15H11Br2N3. The number of nitrogens with two attached hydrogens (primary N) is 1. The van der Waals surface area contributed by atoms with Crippen molar-refractivity contribution < 1.29 is 0 Å². The summed E-state index contributed by atoms with van der Waals surface area (Å²) in [5.74, 6) is 0. The molecule has 1 heterocycles. The van der Waals surface area contributed by atoms with Crippen LogP contribution in [0.25, 0.3) is 10.9 Å². The molecule has 0 radical (unpaired) electrons. The molecular weight excluding hydrogens is 382 g/mol. The topological polar surface area (TPSA) is 50.9 Å². The van der Waals surface area contributed by atoms with E-state index in [1.54, 1.807) is 6.20 Å². The van der Waals surface area contributed by atoms with Crippen LogP contribution in [-0.4, -0.2) is 4.98 Å². The van der Waals surface area contributed by atoms with E-state index in [-0.39, 0.29) is 0 Å². The molecule has 0 saturated carbocycles. The summed E-state index contributed by atoms with van der Waals surface area (Å²) in [6.45, 7) is 0. The lowest BCUT2D eigenvalue weighted by Gasteiger charge is -2.11. The molecule has 0 atom stereocenters. The van der Waals surface area contributed by atoms with Gasteiger partial charge in [0.25, 0.3) is 0 Å². The predicted octanol–water partition coefficient (Wildman–Crippen LogP) is 5.09. The van der Waals surface area contributed by atoms with Crippen LogP contribution in [0.4, 0.5) is 17.1 Å². The average molecular weight is 393 g/mol. The van der Waals surface area contributed by atoms with Crippen LogP contribution < -0.4 is 11.1 Å². The number of anilines is 3. The highest BCUT2D eigenvalue weighted by Crippen LogP contribution is 2.30. The summed E-state index contributed by atoms with van der Waals surface area (Å²) in [5, 5.41) is 4.30. The minimum absolute atomic E-state index is 0.718. The number of halogens is 2. The Morgan fingerprint density at radius 3 is 2.45 bits per heavy atom. The molecule has 0 spiro atoms. The fourth-order valence-electron chi connectivity index (χ4n) is 2.01. The van der Waals surface area contributed by atoms with E-state index >= 15 is 0 Å². The molecule has 1 aromatic heterocycles. The minimum Gasteiger partial charge on any atom is -0.398 e. The Hall–Kier alpha value is -1.59. The minimum atomic E-state index is 0.718. The first-order chi connectivity index (χ1) is 9.63. The van der Waals surface area contributed by atoms with Crippen molar-refractivity contribution in [2.75, 3.05) is 11.1 Å². The van der Waals surface area contributed by atoms with E-state index in [9.17, 15) is 0 Å². The van der Waals surface area contributed by atoms with Crippen molar-refractivity contribution in [3.05, 3.63) is 57.6 Å². The first-order valence-electron chi connectivity index (χ1n) is 6.00. The summed E-state index contributed by atoms with van der Waals surface area (Å²) < 4.78 is 1.96. The Kier molecular flexibility index (Phi) is 3.63. The number of nitrogens with zero attached hydrogens (tertiary/aromatic N) is 1. The van der Waals surface area contributed by atoms with Crippen LogP contribution in [-0.2, 0) is 0 Å². The van der Waals surface area contributed by atoms with E-state index in [0.29, 0.717) is 0 Å². The molecule has 5 heteroatoms. The van der Waals surface area contributed by atoms with Crippen molar-refractivity contribution >= 4 is 59.8 Å². The highest BCUT2D eigenvalue weighted by atomic mass is 79.9. The van der Waals surface area contributed by atoms with Crippen LogP contribution in [0.2, 0.25) is 0 Å². The van der Waals surface area contributed by atoms with Gasteiger partial charge in [-0.15, -0.1) is 0 Å². The molecule has 3 rings (SSSR count). The molecule has 0 fully saturated rings. The lowest BCUT2D eigenvalue weighted by Crippen LogP contribution is -1.95. The quantitative estimate of drug-likeness (QED) is 0.597. The van der Waals surface area contributed by atoms with Gasteiger partial charge in [-0.3, -0.25) is 4.98 Å². The van der Waals surface area contributed by atoms with Gasteiger partial charge >= 0.3 is 0 Å². The number of benzene rings is 2. The second-order valence-corrected chi connectivity index (χ2v) is 6.22. The Bertz CT molecular complexity index is 770. The molecule has 0 amide bonds. The summed E-state index contributed by atoms with van der Waals surface area (Å²) in [4.78, 5) is 4.46. The largest absolute Gasteiger partial charge is 0.398 e. The van der Waals surface area contributed by atoms with E-state index in [1.807, 2.05) is 42.5 Å². The van der Waals surface area contributed by atoms with Crippen molar-refractivity contribution in [1.29, 1.82) is 0 Å². The van der Waals surface area contributed by atoms with E-state index in [4.69, 9.17) is 5.73 Å². The van der Waals surface area contributed by atoms with Gasteiger partial charge in [0.15, 0.2) is 0 Å². The summed E-state index contributed by atoms with van der Waals surface area (Å²) >= 11 is 6.85. The Morgan fingerprint density at radius 2 is 1.70 bits per heavy atom. The summed E-state index contributed by atoms with van der Waals surface area (Å²) in [6.07, 6.45) is 1.77. The first kappa shape index (κ1) is 13.4. The lowest BCUT2D eigenvalue weighted by atomic mass is 10.1. The standard InChI is InChI=1S/C15H11Br2N3/c16-9-1-3-11(4-2-9)20-14-6-5-13(18)12-7-10(17)8-19-15(12)14/h1-8,20H,18H2. The molecule has 3 aromatic rings. The highest BCUT2D eigenvalue weighted by Gasteiger charge is 2.06. The van der Waals surface area contributed by atoms with Gasteiger partial charge in [0.2, 0.25) is 0 Å². The second-order valence-electron chi connectivity index (χ2n) is 4.38. The number of nitrogens with one attached hydrogen (secondary N) is 1. The number of rotatable bonds is 2. The van der Waals surface area contributed by atoms with Crippen molar-refractivity contribution in [2.24, 2.45) is 0 Å². The normalized spacial score (nSPS) is 10.7. The van der Waals surface area contributed by atoms with Crippen LogP contribution in [0.3, 0.4) is 0 Å². The molecule has 0 aliphatic carbocycles. The summed E-state index contributed by atoms with van der Waals surface area (Å²) in [7, 11) is 0. The smallest absolute Gasteiger partial charge is 0.0958 e. The van der Waals surface area contributed by atoms with Gasteiger partial charge in [-0.1, -0.05) is 15.9 Å². The third kappa shape index (κ3) is 2.64. The molecule has 0 saturated heterocycles. The molecule has 0 bridgehead atoms. The highest BCUT2D eigenvalue weighted by molar-refractivity contribution is 9.10. The average Bonchev–Trinajstić information content (AvgIpc) is 2.44. The molecule has 0 unspecified atom stereocenters. The summed E-state index contributed by atoms with van der Waals surface area (Å²) in [6, 6.07) is 13.8. The SMILES string of the molecule is Nc1ccc(Nc2ccc(Br)cc2)c2ncc(Br)cc12. The van der Waals surface area contributed by atoms with E-state index in [0.717, 1.165) is 36.9 Å². The maximum Gasteiger partial charge on any atom is 0.0958 e. The van der Waals surface area contributed by atoms with E-state index < -0.39 is 0 Å². The number of nitrogen functional groups attached to an aromatic ring is 1. The lowest BCUT2D eigenvalue weighted by molar-refractivity contribution is 1.38. The monoisotopic (exact) mass is 391 g/mol. The number of hydrogen-bond acceptors (Lipinski definition) is 3. The van der Waals surface area contributed by atoms with Gasteiger partial charge in [-0.2, -0.15) is 0 Å². The van der Waals surface area contributed by atoms with Crippen molar-refractivity contribution in [3.63, 3.8) is 0 Å². The third-order valence-corrected chi connectivity index (χ3v) is 3.94. The van der Waals surface area contributed by atoms with E-state index in [1.165, 1.54) is 0 Å². The van der Waals surface area contributed by atoms with Gasteiger partial charge in [-0.25, -0.2) is 0 Å². The molecule has 0 aliphatic heterocycles. The number of hydrogen-bond donors (Lipinski definition) is 2. The Morgan fingerprint density at radius 1 is 0.950 bits per heavy atom. The zero-order valence-corrected chi connectivity index (χ0v) is 13.6. The molecule has 3 N–H and O–H groups in total. The zero-order chi connectivity index (χ0) is 14.1. The van der Waals surface area contributed by atoms with Crippen LogP contribution in [0, 0.1) is 0 Å². The van der Waals surface area contributed by atoms with E-state index in [2.05, 4.69) is 42.2 Å². The van der Waals surface area contributed by atoms with Crippen LogP contribution in [0.15, 0.2) is 57.6 Å². The third-order valence-electron chi connectivity index (χ3n) is 2.97. The molecule has 2 aromatic carbocycles. The number of pyridine rings is 1. The summed E-state index contributed by atoms with van der Waals surface area (Å²) in [5.41, 5.74) is 9.53. The van der Waals surface area contributed by atoms with Gasteiger partial charge in [0.1, 0.15) is 0 Å². The second kappa shape index (κ2) is 5.42. The first-order valence-corrected chi connectivity index (χ1v) is 7.58. The van der Waals surface area contributed by atoms with Crippen LogP contribution >= 0.6 is 31.9 Å². The number of fused-ring (bicyclic) bond motifs is 1. The molecule has 100 valence electrons. The maximum atomic E-state index is 6.01. The fraction of sp³-hybridized carbons (Fsp3) is 0. The van der Waals surface area contributed by atoms with Crippen molar-refractivity contribution in [2.45, 2.75) is 0 Å². The van der Waals surface area contributed by atoms with Crippen LogP contribution in [0.1, 0.15) is 0 Å². The number of aromatic nitrogens is 1. The predicted molar refractivity (Wildman–Crippen MR) is 91.3 cm³/mol. The molecule has 20 heavy (non-hydrogen) atoms.